The summed E-state index contributed by atoms with van der Waals surface area (Å²) in [4.78, 5) is 21.9. The third kappa shape index (κ3) is 4.70. The Kier molecular flexibility index (Phi) is 4.72. The van der Waals surface area contributed by atoms with Crippen LogP contribution in [-0.2, 0) is 14.3 Å². The molecule has 1 atom stereocenters. The maximum Gasteiger partial charge on any atom is 0.331 e. The first-order valence-electron chi connectivity index (χ1n) is 4.92. The molecule has 0 fully saturated rings. The van der Waals surface area contributed by atoms with E-state index in [0.717, 1.165) is 5.56 Å². The minimum Gasteiger partial charge on any atom is -0.449 e. The maximum absolute atomic E-state index is 11.3. The van der Waals surface area contributed by atoms with Crippen LogP contribution in [0.2, 0.25) is 5.02 Å². The highest BCUT2D eigenvalue weighted by Crippen LogP contribution is 2.10. The monoisotopic (exact) mass is 253 g/mol. The summed E-state index contributed by atoms with van der Waals surface area (Å²) in [6.45, 7) is 1.41. The van der Waals surface area contributed by atoms with Gasteiger partial charge in [-0.05, 0) is 30.7 Å². The quantitative estimate of drug-likeness (QED) is 0.657. The number of benzene rings is 1. The van der Waals surface area contributed by atoms with Gasteiger partial charge in [-0.2, -0.15) is 0 Å². The zero-order valence-electron chi connectivity index (χ0n) is 9.22. The number of primary amides is 1. The van der Waals surface area contributed by atoms with Gasteiger partial charge in [0.15, 0.2) is 6.10 Å². The van der Waals surface area contributed by atoms with Crippen LogP contribution in [0.3, 0.4) is 0 Å². The van der Waals surface area contributed by atoms with Crippen molar-refractivity contribution in [3.63, 3.8) is 0 Å². The van der Waals surface area contributed by atoms with Crippen molar-refractivity contribution in [3.8, 4) is 0 Å². The summed E-state index contributed by atoms with van der Waals surface area (Å²) < 4.78 is 4.73. The van der Waals surface area contributed by atoms with Crippen molar-refractivity contribution in [1.82, 2.24) is 0 Å². The van der Waals surface area contributed by atoms with Crippen LogP contribution in [0.15, 0.2) is 30.3 Å². The van der Waals surface area contributed by atoms with Gasteiger partial charge in [0.25, 0.3) is 5.91 Å². The van der Waals surface area contributed by atoms with Gasteiger partial charge in [-0.1, -0.05) is 23.7 Å². The SMILES string of the molecule is C[C@@H](OC(=O)/C=C/c1ccc(Cl)cc1)C(N)=O. The first-order valence-corrected chi connectivity index (χ1v) is 5.30. The molecule has 0 unspecified atom stereocenters. The van der Waals surface area contributed by atoms with Crippen molar-refractivity contribution in [2.75, 3.05) is 0 Å². The van der Waals surface area contributed by atoms with Crippen molar-refractivity contribution in [2.24, 2.45) is 5.73 Å². The van der Waals surface area contributed by atoms with Crippen LogP contribution >= 0.6 is 11.6 Å². The van der Waals surface area contributed by atoms with E-state index in [-0.39, 0.29) is 0 Å². The van der Waals surface area contributed by atoms with E-state index in [0.29, 0.717) is 5.02 Å². The molecule has 1 aromatic rings. The Morgan fingerprint density at radius 3 is 2.47 bits per heavy atom. The van der Waals surface area contributed by atoms with Crippen LogP contribution in [0.4, 0.5) is 0 Å². The van der Waals surface area contributed by atoms with Gasteiger partial charge in [-0.3, -0.25) is 4.79 Å². The van der Waals surface area contributed by atoms with Gasteiger partial charge in [0.1, 0.15) is 0 Å². The topological polar surface area (TPSA) is 69.4 Å². The second kappa shape index (κ2) is 6.06. The Hall–Kier alpha value is -1.81. The standard InChI is InChI=1S/C12H12ClNO3/c1-8(12(14)16)17-11(15)7-4-9-2-5-10(13)6-3-9/h2-8H,1H3,(H2,14,16)/b7-4+/t8-/m1/s1. The van der Waals surface area contributed by atoms with Crippen LogP contribution in [0, 0.1) is 0 Å². The number of halogens is 1. The van der Waals surface area contributed by atoms with Gasteiger partial charge in [-0.25, -0.2) is 4.79 Å². The molecule has 5 heteroatoms. The number of nitrogens with two attached hydrogens (primary N) is 1. The van der Waals surface area contributed by atoms with E-state index in [1.165, 1.54) is 13.0 Å². The van der Waals surface area contributed by atoms with Crippen LogP contribution in [-0.4, -0.2) is 18.0 Å². The molecule has 4 nitrogen and oxygen atoms in total. The fourth-order valence-electron chi connectivity index (χ4n) is 1.01. The van der Waals surface area contributed by atoms with Gasteiger partial charge in [-0.15, -0.1) is 0 Å². The van der Waals surface area contributed by atoms with Crippen molar-refractivity contribution in [1.29, 1.82) is 0 Å². The van der Waals surface area contributed by atoms with E-state index in [9.17, 15) is 9.59 Å². The van der Waals surface area contributed by atoms with Crippen molar-refractivity contribution < 1.29 is 14.3 Å². The third-order valence-corrected chi connectivity index (χ3v) is 2.23. The molecule has 1 rings (SSSR count). The highest BCUT2D eigenvalue weighted by molar-refractivity contribution is 6.30. The summed E-state index contributed by atoms with van der Waals surface area (Å²) in [5.74, 6) is -1.30. The molecule has 2 N–H and O–H groups in total. The average Bonchev–Trinajstić information content (AvgIpc) is 2.28. The number of hydrogen-bond acceptors (Lipinski definition) is 3. The minimum absolute atomic E-state index is 0.618. The summed E-state index contributed by atoms with van der Waals surface area (Å²) >= 11 is 5.71. The lowest BCUT2D eigenvalue weighted by atomic mass is 10.2. The number of hydrogen-bond donors (Lipinski definition) is 1. The number of carbonyl (C=O) groups excluding carboxylic acids is 2. The summed E-state index contributed by atoms with van der Waals surface area (Å²) in [5.41, 5.74) is 5.76. The Bertz CT molecular complexity index is 440. The molecular formula is C12H12ClNO3. The van der Waals surface area contributed by atoms with E-state index >= 15 is 0 Å². The number of ether oxygens (including phenoxy) is 1. The third-order valence-electron chi connectivity index (χ3n) is 1.98. The van der Waals surface area contributed by atoms with Gasteiger partial charge in [0.05, 0.1) is 0 Å². The fraction of sp³-hybridized carbons (Fsp3) is 0.167. The number of esters is 1. The van der Waals surface area contributed by atoms with Gasteiger partial charge in [0.2, 0.25) is 0 Å². The maximum atomic E-state index is 11.3. The first kappa shape index (κ1) is 13.3. The van der Waals surface area contributed by atoms with E-state index in [2.05, 4.69) is 0 Å². The molecule has 0 saturated carbocycles. The summed E-state index contributed by atoms with van der Waals surface area (Å²) in [5, 5.41) is 0.618. The Labute approximate surface area is 104 Å². The smallest absolute Gasteiger partial charge is 0.331 e. The largest absolute Gasteiger partial charge is 0.449 e. The molecule has 0 saturated heterocycles. The molecule has 0 aliphatic heterocycles. The van der Waals surface area contributed by atoms with Crippen molar-refractivity contribution >= 4 is 29.6 Å². The summed E-state index contributed by atoms with van der Waals surface area (Å²) in [6, 6.07) is 6.92. The first-order chi connectivity index (χ1) is 7.99. The zero-order chi connectivity index (χ0) is 12.8. The molecule has 0 aromatic heterocycles. The highest BCUT2D eigenvalue weighted by Gasteiger charge is 2.11. The van der Waals surface area contributed by atoms with Crippen LogP contribution in [0.25, 0.3) is 6.08 Å². The zero-order valence-corrected chi connectivity index (χ0v) is 9.98. The predicted molar refractivity (Wildman–Crippen MR) is 65.2 cm³/mol. The van der Waals surface area contributed by atoms with Crippen LogP contribution in [0.1, 0.15) is 12.5 Å². The van der Waals surface area contributed by atoms with Crippen LogP contribution < -0.4 is 5.73 Å². The van der Waals surface area contributed by atoms with E-state index < -0.39 is 18.0 Å². The number of carbonyl (C=O) groups is 2. The lowest BCUT2D eigenvalue weighted by molar-refractivity contribution is -0.148. The second-order valence-electron chi connectivity index (χ2n) is 3.37. The lowest BCUT2D eigenvalue weighted by Crippen LogP contribution is -2.29. The molecule has 90 valence electrons. The minimum atomic E-state index is -0.933. The van der Waals surface area contributed by atoms with E-state index in [1.54, 1.807) is 30.3 Å². The Balaban J connectivity index is 2.56. The average molecular weight is 254 g/mol. The van der Waals surface area contributed by atoms with E-state index in [4.69, 9.17) is 22.1 Å². The molecule has 0 bridgehead atoms. The van der Waals surface area contributed by atoms with Crippen LogP contribution in [0.5, 0.6) is 0 Å². The number of rotatable bonds is 4. The van der Waals surface area contributed by atoms with Gasteiger partial charge in [0, 0.05) is 11.1 Å². The Morgan fingerprint density at radius 2 is 1.94 bits per heavy atom. The van der Waals surface area contributed by atoms with Gasteiger partial charge < -0.3 is 10.5 Å². The molecule has 0 radical (unpaired) electrons. The van der Waals surface area contributed by atoms with Gasteiger partial charge >= 0.3 is 5.97 Å². The molecule has 17 heavy (non-hydrogen) atoms. The molecule has 0 heterocycles. The highest BCUT2D eigenvalue weighted by atomic mass is 35.5. The lowest BCUT2D eigenvalue weighted by Gasteiger charge is -2.06. The molecule has 1 aromatic carbocycles. The molecular weight excluding hydrogens is 242 g/mol. The van der Waals surface area contributed by atoms with E-state index in [1.807, 2.05) is 0 Å². The molecule has 0 aliphatic rings. The summed E-state index contributed by atoms with van der Waals surface area (Å²) in [7, 11) is 0. The second-order valence-corrected chi connectivity index (χ2v) is 3.80. The normalized spacial score (nSPS) is 12.4. The number of amides is 1. The fourth-order valence-corrected chi connectivity index (χ4v) is 1.14. The molecule has 1 amide bonds. The predicted octanol–water partition coefficient (Wildman–Crippen LogP) is 1.77. The van der Waals surface area contributed by atoms with Crippen molar-refractivity contribution in [2.45, 2.75) is 13.0 Å². The Morgan fingerprint density at radius 1 is 1.35 bits per heavy atom. The summed E-state index contributed by atoms with van der Waals surface area (Å²) in [6.07, 6.45) is 1.85. The van der Waals surface area contributed by atoms with Crippen molar-refractivity contribution in [3.05, 3.63) is 40.9 Å². The molecule has 0 aliphatic carbocycles. The molecule has 0 spiro atoms.